The monoisotopic (exact) mass is 378 g/mol. The van der Waals surface area contributed by atoms with Crippen LogP contribution >= 0.6 is 22.6 Å². The van der Waals surface area contributed by atoms with Gasteiger partial charge in [-0.1, -0.05) is 12.1 Å². The van der Waals surface area contributed by atoms with E-state index in [1.165, 1.54) is 0 Å². The third-order valence-electron chi connectivity index (χ3n) is 3.32. The number of halogens is 1. The number of fused-ring (bicyclic) bond motifs is 1. The first kappa shape index (κ1) is 13.4. The van der Waals surface area contributed by atoms with Crippen LogP contribution in [0.1, 0.15) is 19.9 Å². The van der Waals surface area contributed by atoms with Gasteiger partial charge in [-0.2, -0.15) is 0 Å². The second-order valence-electron chi connectivity index (χ2n) is 5.05. The number of hydrogen-bond donors (Lipinski definition) is 1. The van der Waals surface area contributed by atoms with Crippen LogP contribution in [0.2, 0.25) is 0 Å². The van der Waals surface area contributed by atoms with Crippen molar-refractivity contribution < 1.29 is 5.11 Å². The molecule has 1 heterocycles. The molecule has 0 amide bonds. The Hall–Kier alpha value is -1.56. The van der Waals surface area contributed by atoms with Gasteiger partial charge in [-0.15, -0.1) is 0 Å². The Kier molecular flexibility index (Phi) is 3.41. The van der Waals surface area contributed by atoms with Crippen LogP contribution in [0.15, 0.2) is 42.5 Å². The first-order valence-corrected chi connectivity index (χ1v) is 7.61. The van der Waals surface area contributed by atoms with Crippen molar-refractivity contribution in [1.29, 1.82) is 0 Å². The molecule has 0 aliphatic rings. The molecule has 2 aromatic carbocycles. The molecule has 20 heavy (non-hydrogen) atoms. The standard InChI is InChI=1S/C16H15IN2O/c1-10(2)19-14-6-4-3-5-13(14)18-16(19)11-7-8-12(17)15(20)9-11/h3-10,20H,1-2H3. The molecule has 0 saturated heterocycles. The molecule has 3 nitrogen and oxygen atoms in total. The summed E-state index contributed by atoms with van der Waals surface area (Å²) in [5.74, 6) is 1.19. The van der Waals surface area contributed by atoms with E-state index in [0.29, 0.717) is 11.8 Å². The number of rotatable bonds is 2. The summed E-state index contributed by atoms with van der Waals surface area (Å²) in [6.07, 6.45) is 0. The van der Waals surface area contributed by atoms with Crippen LogP contribution in [-0.4, -0.2) is 14.7 Å². The summed E-state index contributed by atoms with van der Waals surface area (Å²) in [5, 5.41) is 9.92. The fraction of sp³-hybridized carbons (Fsp3) is 0.188. The van der Waals surface area contributed by atoms with Gasteiger partial charge in [-0.3, -0.25) is 0 Å². The first-order chi connectivity index (χ1) is 9.58. The molecule has 0 radical (unpaired) electrons. The van der Waals surface area contributed by atoms with Gasteiger partial charge in [0.2, 0.25) is 0 Å². The summed E-state index contributed by atoms with van der Waals surface area (Å²) in [7, 11) is 0. The highest BCUT2D eigenvalue weighted by atomic mass is 127. The van der Waals surface area contributed by atoms with Crippen LogP contribution in [0.5, 0.6) is 5.75 Å². The Morgan fingerprint density at radius 1 is 1.15 bits per heavy atom. The minimum absolute atomic E-state index is 0.297. The number of aromatic hydroxyl groups is 1. The van der Waals surface area contributed by atoms with Gasteiger partial charge in [0.15, 0.2) is 0 Å². The molecule has 0 bridgehead atoms. The molecule has 0 fully saturated rings. The number of phenols is 1. The Morgan fingerprint density at radius 3 is 2.60 bits per heavy atom. The number of phenolic OH excluding ortho intramolecular Hbond substituents is 1. The molecule has 0 saturated carbocycles. The quantitative estimate of drug-likeness (QED) is 0.663. The Balaban J connectivity index is 2.29. The van der Waals surface area contributed by atoms with Gasteiger partial charge in [-0.25, -0.2) is 4.98 Å². The first-order valence-electron chi connectivity index (χ1n) is 6.54. The molecule has 0 atom stereocenters. The van der Waals surface area contributed by atoms with Gasteiger partial charge in [0.1, 0.15) is 11.6 Å². The van der Waals surface area contributed by atoms with Crippen LogP contribution < -0.4 is 0 Å². The molecular formula is C16H15IN2O. The normalized spacial score (nSPS) is 11.4. The summed E-state index contributed by atoms with van der Waals surface area (Å²) >= 11 is 2.12. The second-order valence-corrected chi connectivity index (χ2v) is 6.22. The number of para-hydroxylation sites is 2. The van der Waals surface area contributed by atoms with Crippen molar-refractivity contribution in [3.05, 3.63) is 46.0 Å². The molecule has 0 unspecified atom stereocenters. The number of benzene rings is 2. The zero-order chi connectivity index (χ0) is 14.3. The summed E-state index contributed by atoms with van der Waals surface area (Å²) in [6, 6.07) is 14.1. The Morgan fingerprint density at radius 2 is 1.90 bits per heavy atom. The van der Waals surface area contributed by atoms with E-state index in [1.807, 2.05) is 30.3 Å². The lowest BCUT2D eigenvalue weighted by atomic mass is 10.2. The molecule has 1 N–H and O–H groups in total. The van der Waals surface area contributed by atoms with E-state index in [0.717, 1.165) is 26.0 Å². The van der Waals surface area contributed by atoms with E-state index >= 15 is 0 Å². The highest BCUT2D eigenvalue weighted by Crippen LogP contribution is 2.31. The topological polar surface area (TPSA) is 38.0 Å². The van der Waals surface area contributed by atoms with Crippen LogP contribution in [0, 0.1) is 3.57 Å². The average Bonchev–Trinajstić information content (AvgIpc) is 2.81. The van der Waals surface area contributed by atoms with Crippen molar-refractivity contribution >= 4 is 33.6 Å². The fourth-order valence-electron chi connectivity index (χ4n) is 2.42. The minimum Gasteiger partial charge on any atom is -0.507 e. The molecule has 4 heteroatoms. The third-order valence-corrected chi connectivity index (χ3v) is 4.23. The molecule has 0 spiro atoms. The van der Waals surface area contributed by atoms with Gasteiger partial charge in [-0.05, 0) is 66.8 Å². The molecule has 102 valence electrons. The molecule has 3 aromatic rings. The molecular weight excluding hydrogens is 363 g/mol. The van der Waals surface area contributed by atoms with Crippen molar-refractivity contribution in [2.45, 2.75) is 19.9 Å². The third kappa shape index (κ3) is 2.18. The van der Waals surface area contributed by atoms with Crippen molar-refractivity contribution in [1.82, 2.24) is 9.55 Å². The maximum absolute atomic E-state index is 9.92. The van der Waals surface area contributed by atoms with E-state index in [1.54, 1.807) is 6.07 Å². The van der Waals surface area contributed by atoms with Gasteiger partial charge < -0.3 is 9.67 Å². The zero-order valence-electron chi connectivity index (χ0n) is 11.3. The summed E-state index contributed by atoms with van der Waals surface area (Å²) < 4.78 is 3.05. The summed E-state index contributed by atoms with van der Waals surface area (Å²) in [6.45, 7) is 4.29. The number of hydrogen-bond acceptors (Lipinski definition) is 2. The van der Waals surface area contributed by atoms with E-state index in [-0.39, 0.29) is 0 Å². The van der Waals surface area contributed by atoms with Crippen LogP contribution in [0.3, 0.4) is 0 Å². The molecule has 1 aromatic heterocycles. The van der Waals surface area contributed by atoms with E-state index in [2.05, 4.69) is 47.1 Å². The SMILES string of the molecule is CC(C)n1c(-c2ccc(I)c(O)c2)nc2ccccc21. The highest BCUT2D eigenvalue weighted by Gasteiger charge is 2.15. The summed E-state index contributed by atoms with van der Waals surface area (Å²) in [5.41, 5.74) is 3.04. The van der Waals surface area contributed by atoms with Gasteiger partial charge in [0, 0.05) is 11.6 Å². The number of nitrogens with zero attached hydrogens (tertiary/aromatic N) is 2. The van der Waals surface area contributed by atoms with Crippen molar-refractivity contribution in [3.63, 3.8) is 0 Å². The maximum atomic E-state index is 9.92. The predicted octanol–water partition coefficient (Wildman–Crippen LogP) is 4.59. The fourth-order valence-corrected chi connectivity index (χ4v) is 2.76. The van der Waals surface area contributed by atoms with Crippen molar-refractivity contribution in [2.24, 2.45) is 0 Å². The summed E-state index contributed by atoms with van der Waals surface area (Å²) in [4.78, 5) is 4.72. The minimum atomic E-state index is 0.297. The van der Waals surface area contributed by atoms with Crippen LogP contribution in [0.25, 0.3) is 22.4 Å². The lowest BCUT2D eigenvalue weighted by Gasteiger charge is -2.13. The smallest absolute Gasteiger partial charge is 0.141 e. The lowest BCUT2D eigenvalue weighted by molar-refractivity contribution is 0.471. The number of imidazole rings is 1. The Bertz CT molecular complexity index is 777. The van der Waals surface area contributed by atoms with E-state index < -0.39 is 0 Å². The Labute approximate surface area is 131 Å². The van der Waals surface area contributed by atoms with Crippen molar-refractivity contribution in [2.75, 3.05) is 0 Å². The lowest BCUT2D eigenvalue weighted by Crippen LogP contribution is -2.03. The van der Waals surface area contributed by atoms with E-state index in [4.69, 9.17) is 4.98 Å². The highest BCUT2D eigenvalue weighted by molar-refractivity contribution is 14.1. The van der Waals surface area contributed by atoms with Gasteiger partial charge in [0.05, 0.1) is 14.6 Å². The van der Waals surface area contributed by atoms with Crippen LogP contribution in [-0.2, 0) is 0 Å². The second kappa shape index (κ2) is 5.09. The van der Waals surface area contributed by atoms with Gasteiger partial charge in [0.25, 0.3) is 0 Å². The molecule has 0 aliphatic carbocycles. The largest absolute Gasteiger partial charge is 0.507 e. The molecule has 0 aliphatic heterocycles. The van der Waals surface area contributed by atoms with Crippen molar-refractivity contribution in [3.8, 4) is 17.1 Å². The number of aromatic nitrogens is 2. The molecule has 3 rings (SSSR count). The zero-order valence-corrected chi connectivity index (χ0v) is 13.5. The predicted molar refractivity (Wildman–Crippen MR) is 89.9 cm³/mol. The average molecular weight is 378 g/mol. The van der Waals surface area contributed by atoms with Crippen LogP contribution in [0.4, 0.5) is 0 Å². The maximum Gasteiger partial charge on any atom is 0.141 e. The van der Waals surface area contributed by atoms with Gasteiger partial charge >= 0.3 is 0 Å². The van der Waals surface area contributed by atoms with E-state index in [9.17, 15) is 5.11 Å².